The summed E-state index contributed by atoms with van der Waals surface area (Å²) in [5.74, 6) is 1.56. The molecule has 0 saturated heterocycles. The Kier molecular flexibility index (Phi) is 6.97. The fourth-order valence-corrected chi connectivity index (χ4v) is 3.99. The van der Waals surface area contributed by atoms with Crippen LogP contribution in [0.25, 0.3) is 22.0 Å². The van der Waals surface area contributed by atoms with E-state index in [-0.39, 0.29) is 17.6 Å². The van der Waals surface area contributed by atoms with Gasteiger partial charge in [0.2, 0.25) is 5.43 Å². The summed E-state index contributed by atoms with van der Waals surface area (Å²) in [6.07, 6.45) is 1.76. The van der Waals surface area contributed by atoms with Crippen LogP contribution in [0.4, 0.5) is 0 Å². The number of carbonyl (C=O) groups excluding carboxylic acids is 1. The van der Waals surface area contributed by atoms with Crippen LogP contribution in [0.3, 0.4) is 0 Å². The minimum atomic E-state index is -0.197. The van der Waals surface area contributed by atoms with Gasteiger partial charge < -0.3 is 19.2 Å². The second-order valence-electron chi connectivity index (χ2n) is 7.70. The van der Waals surface area contributed by atoms with E-state index < -0.39 is 0 Å². The SMILES string of the molecule is CCOc1cc(CC(=O)c2ccccc2)c(OCC)c2c(=O)c(-c3ccc(OC)cc3)c[nH]c12. The van der Waals surface area contributed by atoms with Crippen LogP contribution in [0.1, 0.15) is 29.8 Å². The van der Waals surface area contributed by atoms with Crippen LogP contribution in [0, 0.1) is 0 Å². The second-order valence-corrected chi connectivity index (χ2v) is 7.70. The average molecular weight is 458 g/mol. The molecule has 0 amide bonds. The van der Waals surface area contributed by atoms with Gasteiger partial charge in [-0.25, -0.2) is 0 Å². The summed E-state index contributed by atoms with van der Waals surface area (Å²) in [4.78, 5) is 30.0. The van der Waals surface area contributed by atoms with Crippen molar-refractivity contribution in [2.24, 2.45) is 0 Å². The van der Waals surface area contributed by atoms with Crippen LogP contribution < -0.4 is 19.6 Å². The monoisotopic (exact) mass is 457 g/mol. The van der Waals surface area contributed by atoms with E-state index in [1.165, 1.54) is 0 Å². The molecule has 6 nitrogen and oxygen atoms in total. The Balaban J connectivity index is 1.92. The van der Waals surface area contributed by atoms with Crippen LogP contribution in [0.15, 0.2) is 71.7 Å². The zero-order valence-corrected chi connectivity index (χ0v) is 19.5. The standard InChI is InChI=1S/C28H27NO5/c1-4-33-24-16-20(15-23(30)19-9-7-6-8-10-19)28(34-5-2)25-26(24)29-17-22(27(25)31)18-11-13-21(32-3)14-12-18/h6-14,16-17H,4-5,15H2,1-3H3,(H,29,31). The highest BCUT2D eigenvalue weighted by Gasteiger charge is 2.22. The van der Waals surface area contributed by atoms with Crippen LogP contribution in [0.5, 0.6) is 17.2 Å². The number of ether oxygens (including phenoxy) is 3. The maximum Gasteiger partial charge on any atom is 0.201 e. The van der Waals surface area contributed by atoms with Gasteiger partial charge in [0.05, 0.1) is 31.2 Å². The van der Waals surface area contributed by atoms with E-state index in [2.05, 4.69) is 4.98 Å². The Labute approximate surface area is 198 Å². The number of H-pyrrole nitrogens is 1. The van der Waals surface area contributed by atoms with Gasteiger partial charge in [0.25, 0.3) is 0 Å². The molecule has 0 aliphatic carbocycles. The van der Waals surface area contributed by atoms with Crippen LogP contribution >= 0.6 is 0 Å². The smallest absolute Gasteiger partial charge is 0.201 e. The van der Waals surface area contributed by atoms with E-state index >= 15 is 0 Å². The van der Waals surface area contributed by atoms with E-state index in [9.17, 15) is 9.59 Å². The van der Waals surface area contributed by atoms with Crippen LogP contribution in [-0.2, 0) is 6.42 Å². The molecule has 4 aromatic rings. The number of carbonyl (C=O) groups is 1. The van der Waals surface area contributed by atoms with Crippen molar-refractivity contribution in [3.63, 3.8) is 0 Å². The molecule has 0 atom stereocenters. The third kappa shape index (κ3) is 4.53. The van der Waals surface area contributed by atoms with Gasteiger partial charge in [-0.05, 0) is 37.6 Å². The van der Waals surface area contributed by atoms with E-state index in [0.717, 1.165) is 5.56 Å². The average Bonchev–Trinajstić information content (AvgIpc) is 2.87. The topological polar surface area (TPSA) is 77.6 Å². The molecule has 34 heavy (non-hydrogen) atoms. The Morgan fingerprint density at radius 2 is 1.65 bits per heavy atom. The first-order valence-corrected chi connectivity index (χ1v) is 11.3. The number of fused-ring (bicyclic) bond motifs is 1. The van der Waals surface area contributed by atoms with Crippen molar-refractivity contribution in [1.29, 1.82) is 0 Å². The summed E-state index contributed by atoms with van der Waals surface area (Å²) in [5.41, 5.74) is 2.80. The highest BCUT2D eigenvalue weighted by Crippen LogP contribution is 2.36. The number of Topliss-reactive ketones (excluding diaryl/α,β-unsaturated/α-hetero) is 1. The fourth-order valence-electron chi connectivity index (χ4n) is 3.99. The quantitative estimate of drug-likeness (QED) is 0.339. The number of nitrogens with one attached hydrogen (secondary N) is 1. The molecule has 0 unspecified atom stereocenters. The maximum atomic E-state index is 13.8. The van der Waals surface area contributed by atoms with Crippen LogP contribution in [0.2, 0.25) is 0 Å². The number of hydrogen-bond donors (Lipinski definition) is 1. The highest BCUT2D eigenvalue weighted by atomic mass is 16.5. The lowest BCUT2D eigenvalue weighted by Gasteiger charge is -2.17. The molecule has 1 heterocycles. The molecule has 0 aliphatic heterocycles. The van der Waals surface area contributed by atoms with Crippen molar-refractivity contribution in [3.05, 3.63) is 88.2 Å². The molecule has 6 heteroatoms. The van der Waals surface area contributed by atoms with Gasteiger partial charge in [-0.15, -0.1) is 0 Å². The molecule has 0 fully saturated rings. The molecule has 4 rings (SSSR count). The number of aromatic amines is 1. The lowest BCUT2D eigenvalue weighted by molar-refractivity contribution is 0.0992. The first-order chi connectivity index (χ1) is 16.6. The number of pyridine rings is 1. The molecule has 0 aliphatic rings. The fraction of sp³-hybridized carbons (Fsp3) is 0.214. The highest BCUT2D eigenvalue weighted by molar-refractivity contribution is 6.00. The van der Waals surface area contributed by atoms with Gasteiger partial charge in [0, 0.05) is 29.3 Å². The largest absolute Gasteiger partial charge is 0.497 e. The van der Waals surface area contributed by atoms with Gasteiger partial charge in [-0.2, -0.15) is 0 Å². The third-order valence-corrected chi connectivity index (χ3v) is 5.59. The molecule has 0 spiro atoms. The van der Waals surface area contributed by atoms with Crippen molar-refractivity contribution >= 4 is 16.7 Å². The van der Waals surface area contributed by atoms with E-state index in [1.54, 1.807) is 31.5 Å². The van der Waals surface area contributed by atoms with Crippen molar-refractivity contribution in [2.45, 2.75) is 20.3 Å². The first kappa shape index (κ1) is 23.1. The number of hydrogen-bond acceptors (Lipinski definition) is 5. The molecule has 0 saturated carbocycles. The minimum absolute atomic E-state index is 0.0638. The van der Waals surface area contributed by atoms with E-state index in [0.29, 0.717) is 58.1 Å². The van der Waals surface area contributed by atoms with Crippen LogP contribution in [-0.4, -0.2) is 31.1 Å². The maximum absolute atomic E-state index is 13.8. The Morgan fingerprint density at radius 1 is 0.941 bits per heavy atom. The Morgan fingerprint density at radius 3 is 2.29 bits per heavy atom. The zero-order chi connectivity index (χ0) is 24.1. The van der Waals surface area contributed by atoms with Gasteiger partial charge >= 0.3 is 0 Å². The summed E-state index contributed by atoms with van der Waals surface area (Å²) in [6.45, 7) is 4.49. The van der Waals surface area contributed by atoms with Gasteiger partial charge in [0.15, 0.2) is 5.78 Å². The van der Waals surface area contributed by atoms with E-state index in [4.69, 9.17) is 14.2 Å². The van der Waals surface area contributed by atoms with Crippen molar-refractivity contribution in [1.82, 2.24) is 4.98 Å². The number of aromatic nitrogens is 1. The molecule has 1 aromatic heterocycles. The normalized spacial score (nSPS) is 10.8. The van der Waals surface area contributed by atoms with Gasteiger partial charge in [-0.3, -0.25) is 9.59 Å². The van der Waals surface area contributed by atoms with Crippen molar-refractivity contribution < 1.29 is 19.0 Å². The summed E-state index contributed by atoms with van der Waals surface area (Å²) in [6, 6.07) is 18.2. The van der Waals surface area contributed by atoms with Gasteiger partial charge in [-0.1, -0.05) is 42.5 Å². The van der Waals surface area contributed by atoms with Gasteiger partial charge in [0.1, 0.15) is 17.2 Å². The summed E-state index contributed by atoms with van der Waals surface area (Å²) >= 11 is 0. The predicted octanol–water partition coefficient (Wildman–Crippen LogP) is 5.43. The molecular weight excluding hydrogens is 430 g/mol. The molecule has 0 bridgehead atoms. The Bertz CT molecular complexity index is 1360. The van der Waals surface area contributed by atoms with Crippen molar-refractivity contribution in [3.8, 4) is 28.4 Å². The summed E-state index contributed by atoms with van der Waals surface area (Å²) < 4.78 is 17.1. The number of ketones is 1. The third-order valence-electron chi connectivity index (χ3n) is 5.59. The lowest BCUT2D eigenvalue weighted by Crippen LogP contribution is -2.13. The number of methoxy groups -OCH3 is 1. The molecule has 0 radical (unpaired) electrons. The van der Waals surface area contributed by atoms with E-state index in [1.807, 2.05) is 56.3 Å². The molecule has 174 valence electrons. The summed E-state index contributed by atoms with van der Waals surface area (Å²) in [5, 5.41) is 0.372. The summed E-state index contributed by atoms with van der Waals surface area (Å²) in [7, 11) is 1.60. The Hall–Kier alpha value is -4.06. The lowest BCUT2D eigenvalue weighted by atomic mass is 9.97. The number of rotatable bonds is 9. The minimum Gasteiger partial charge on any atom is -0.497 e. The molecule has 1 N–H and O–H groups in total. The predicted molar refractivity (Wildman–Crippen MR) is 133 cm³/mol. The van der Waals surface area contributed by atoms with Crippen molar-refractivity contribution in [2.75, 3.05) is 20.3 Å². The zero-order valence-electron chi connectivity index (χ0n) is 19.5. The second kappa shape index (κ2) is 10.3. The first-order valence-electron chi connectivity index (χ1n) is 11.3. The molecule has 3 aromatic carbocycles. The molecular formula is C28H27NO5. The number of benzene rings is 3.